The van der Waals surface area contributed by atoms with Gasteiger partial charge in [-0.3, -0.25) is 4.79 Å². The highest BCUT2D eigenvalue weighted by molar-refractivity contribution is 8.01. The Morgan fingerprint density at radius 1 is 1.07 bits per heavy atom. The van der Waals surface area contributed by atoms with Crippen LogP contribution in [0.4, 0.5) is 5.69 Å². The minimum atomic E-state index is 0.286. The number of piperazine rings is 1. The summed E-state index contributed by atoms with van der Waals surface area (Å²) in [4.78, 5) is 21.6. The summed E-state index contributed by atoms with van der Waals surface area (Å²) in [6.45, 7) is 5.61. The Bertz CT molecular complexity index is 915. The van der Waals surface area contributed by atoms with Crippen molar-refractivity contribution in [3.8, 4) is 0 Å². The zero-order valence-corrected chi connectivity index (χ0v) is 17.8. The number of hydrogen-bond donors (Lipinski definition) is 0. The topological polar surface area (TPSA) is 36.4 Å². The standard InChI is InChI=1S/C22H25N3OS2/c1-17-7-2-4-9-19(17)24-12-14-25(15-13-24)21(26)11-6-16-27-22-23-18-8-3-5-10-20(18)28-22/h2-5,7-10H,6,11-16H2,1H3. The largest absolute Gasteiger partial charge is 0.368 e. The minimum Gasteiger partial charge on any atom is -0.368 e. The van der Waals surface area contributed by atoms with Gasteiger partial charge in [0.2, 0.25) is 5.91 Å². The Labute approximate surface area is 174 Å². The quantitative estimate of drug-likeness (QED) is 0.430. The molecule has 1 aromatic heterocycles. The Morgan fingerprint density at radius 2 is 1.82 bits per heavy atom. The van der Waals surface area contributed by atoms with Crippen LogP contribution in [0.1, 0.15) is 18.4 Å². The van der Waals surface area contributed by atoms with Gasteiger partial charge in [-0.05, 0) is 37.1 Å². The number of aromatic nitrogens is 1. The first-order chi connectivity index (χ1) is 13.7. The lowest BCUT2D eigenvalue weighted by atomic mass is 10.1. The fourth-order valence-corrected chi connectivity index (χ4v) is 5.65. The molecule has 0 aliphatic carbocycles. The number of carbonyl (C=O) groups is 1. The van der Waals surface area contributed by atoms with Crippen molar-refractivity contribution in [2.75, 3.05) is 36.8 Å². The summed E-state index contributed by atoms with van der Waals surface area (Å²) < 4.78 is 2.33. The van der Waals surface area contributed by atoms with E-state index in [2.05, 4.69) is 53.2 Å². The Morgan fingerprint density at radius 3 is 2.61 bits per heavy atom. The molecule has 0 N–H and O–H groups in total. The number of aryl methyl sites for hydroxylation is 1. The number of benzene rings is 2. The number of hydrogen-bond acceptors (Lipinski definition) is 5. The van der Waals surface area contributed by atoms with Crippen LogP contribution in [0.25, 0.3) is 10.2 Å². The molecule has 1 aliphatic heterocycles. The van der Waals surface area contributed by atoms with Crippen molar-refractivity contribution in [3.63, 3.8) is 0 Å². The van der Waals surface area contributed by atoms with Gasteiger partial charge in [0.15, 0.2) is 4.34 Å². The van der Waals surface area contributed by atoms with Gasteiger partial charge in [-0.15, -0.1) is 11.3 Å². The first-order valence-electron chi connectivity index (χ1n) is 9.77. The Balaban J connectivity index is 1.20. The van der Waals surface area contributed by atoms with E-state index in [0.29, 0.717) is 6.42 Å². The molecule has 2 aromatic carbocycles. The lowest BCUT2D eigenvalue weighted by Gasteiger charge is -2.36. The molecule has 28 heavy (non-hydrogen) atoms. The van der Waals surface area contributed by atoms with E-state index in [1.54, 1.807) is 23.1 Å². The molecule has 0 bridgehead atoms. The summed E-state index contributed by atoms with van der Waals surface area (Å²) in [5.74, 6) is 1.23. The number of para-hydroxylation sites is 2. The maximum absolute atomic E-state index is 12.5. The number of rotatable bonds is 6. The molecule has 1 saturated heterocycles. The molecule has 1 aliphatic rings. The van der Waals surface area contributed by atoms with Crippen molar-refractivity contribution >= 4 is 44.9 Å². The Hall–Kier alpha value is -2.05. The summed E-state index contributed by atoms with van der Waals surface area (Å²) >= 11 is 3.50. The van der Waals surface area contributed by atoms with E-state index in [9.17, 15) is 4.79 Å². The SMILES string of the molecule is Cc1ccccc1N1CCN(C(=O)CCCSc2nc3ccccc3s2)CC1. The monoisotopic (exact) mass is 411 g/mol. The molecule has 2 heterocycles. The molecule has 0 radical (unpaired) electrons. The minimum absolute atomic E-state index is 0.286. The van der Waals surface area contributed by atoms with Crippen LogP contribution >= 0.6 is 23.1 Å². The third-order valence-electron chi connectivity index (χ3n) is 5.12. The maximum atomic E-state index is 12.5. The lowest BCUT2D eigenvalue weighted by molar-refractivity contribution is -0.131. The average Bonchev–Trinajstić information content (AvgIpc) is 3.14. The third kappa shape index (κ3) is 4.50. The molecule has 3 aromatic rings. The molecule has 0 saturated carbocycles. The summed E-state index contributed by atoms with van der Waals surface area (Å²) in [7, 11) is 0. The van der Waals surface area contributed by atoms with Crippen molar-refractivity contribution in [2.45, 2.75) is 24.1 Å². The van der Waals surface area contributed by atoms with E-state index in [-0.39, 0.29) is 5.91 Å². The molecule has 4 rings (SSSR count). The molecule has 1 amide bonds. The molecule has 0 atom stereocenters. The number of amides is 1. The van der Waals surface area contributed by atoms with E-state index < -0.39 is 0 Å². The van der Waals surface area contributed by atoms with Crippen molar-refractivity contribution in [1.82, 2.24) is 9.88 Å². The van der Waals surface area contributed by atoms with E-state index in [1.165, 1.54) is 16.0 Å². The van der Waals surface area contributed by atoms with Gasteiger partial charge >= 0.3 is 0 Å². The number of anilines is 1. The molecule has 4 nitrogen and oxygen atoms in total. The Kier molecular flexibility index (Phi) is 6.17. The average molecular weight is 412 g/mol. The van der Waals surface area contributed by atoms with Crippen LogP contribution in [-0.4, -0.2) is 47.7 Å². The highest BCUT2D eigenvalue weighted by atomic mass is 32.2. The molecular weight excluding hydrogens is 386 g/mol. The van der Waals surface area contributed by atoms with Crippen molar-refractivity contribution in [2.24, 2.45) is 0 Å². The van der Waals surface area contributed by atoms with Crippen molar-refractivity contribution in [1.29, 1.82) is 0 Å². The van der Waals surface area contributed by atoms with Gasteiger partial charge in [-0.25, -0.2) is 4.98 Å². The van der Waals surface area contributed by atoms with Crippen LogP contribution in [-0.2, 0) is 4.79 Å². The van der Waals surface area contributed by atoms with E-state index >= 15 is 0 Å². The van der Waals surface area contributed by atoms with E-state index in [0.717, 1.165) is 48.2 Å². The summed E-state index contributed by atoms with van der Waals surface area (Å²) in [6.07, 6.45) is 1.53. The van der Waals surface area contributed by atoms with E-state index in [1.807, 2.05) is 17.0 Å². The number of fused-ring (bicyclic) bond motifs is 1. The molecular formula is C22H25N3OS2. The van der Waals surface area contributed by atoms with Crippen LogP contribution in [0.3, 0.4) is 0 Å². The smallest absolute Gasteiger partial charge is 0.222 e. The first kappa shape index (κ1) is 19.3. The normalized spacial score (nSPS) is 14.6. The highest BCUT2D eigenvalue weighted by Gasteiger charge is 2.21. The van der Waals surface area contributed by atoms with Crippen LogP contribution < -0.4 is 4.90 Å². The van der Waals surface area contributed by atoms with Crippen LogP contribution in [0.2, 0.25) is 0 Å². The van der Waals surface area contributed by atoms with Gasteiger partial charge in [-0.2, -0.15) is 0 Å². The molecule has 0 unspecified atom stereocenters. The van der Waals surface area contributed by atoms with Gasteiger partial charge in [0, 0.05) is 44.0 Å². The molecule has 0 spiro atoms. The van der Waals surface area contributed by atoms with Crippen LogP contribution in [0, 0.1) is 6.92 Å². The number of carbonyl (C=O) groups excluding carboxylic acids is 1. The molecule has 6 heteroatoms. The predicted molar refractivity (Wildman–Crippen MR) is 120 cm³/mol. The van der Waals surface area contributed by atoms with Gasteiger partial charge in [0.25, 0.3) is 0 Å². The summed E-state index contributed by atoms with van der Waals surface area (Å²) in [5.41, 5.74) is 3.66. The van der Waals surface area contributed by atoms with Crippen LogP contribution in [0.5, 0.6) is 0 Å². The predicted octanol–water partition coefficient (Wildman–Crippen LogP) is 4.83. The summed E-state index contributed by atoms with van der Waals surface area (Å²) in [6, 6.07) is 16.7. The molecule has 146 valence electrons. The van der Waals surface area contributed by atoms with Crippen LogP contribution in [0.15, 0.2) is 52.9 Å². The van der Waals surface area contributed by atoms with Gasteiger partial charge < -0.3 is 9.80 Å². The van der Waals surface area contributed by atoms with Gasteiger partial charge in [0.1, 0.15) is 0 Å². The number of thiazole rings is 1. The van der Waals surface area contributed by atoms with Crippen molar-refractivity contribution in [3.05, 3.63) is 54.1 Å². The fraction of sp³-hybridized carbons (Fsp3) is 0.364. The fourth-order valence-electron chi connectivity index (χ4n) is 3.57. The third-order valence-corrected chi connectivity index (χ3v) is 7.39. The lowest BCUT2D eigenvalue weighted by Crippen LogP contribution is -2.49. The second-order valence-corrected chi connectivity index (χ2v) is 9.43. The number of thioether (sulfide) groups is 1. The van der Waals surface area contributed by atoms with E-state index in [4.69, 9.17) is 0 Å². The second kappa shape index (κ2) is 8.97. The molecule has 1 fully saturated rings. The zero-order chi connectivity index (χ0) is 19.3. The van der Waals surface area contributed by atoms with Gasteiger partial charge in [-0.1, -0.05) is 42.1 Å². The second-order valence-electron chi connectivity index (χ2n) is 7.05. The van der Waals surface area contributed by atoms with Crippen molar-refractivity contribution < 1.29 is 4.79 Å². The first-order valence-corrected chi connectivity index (χ1v) is 11.6. The number of nitrogens with zero attached hydrogens (tertiary/aromatic N) is 3. The zero-order valence-electron chi connectivity index (χ0n) is 16.1. The summed E-state index contributed by atoms with van der Waals surface area (Å²) in [5, 5.41) is 0. The maximum Gasteiger partial charge on any atom is 0.222 e. The van der Waals surface area contributed by atoms with Gasteiger partial charge in [0.05, 0.1) is 10.2 Å². The highest BCUT2D eigenvalue weighted by Crippen LogP contribution is 2.29.